The molecule has 7 nitrogen and oxygen atoms in total. The number of hydrogen-bond donors (Lipinski definition) is 1. The number of aryl methyl sites for hydroxylation is 1. The monoisotopic (exact) mass is 542 g/mol. The van der Waals surface area contributed by atoms with E-state index in [2.05, 4.69) is 6.92 Å². The van der Waals surface area contributed by atoms with Crippen LogP contribution in [-0.4, -0.2) is 29.2 Å². The maximum atomic E-state index is 13.5. The van der Waals surface area contributed by atoms with Crippen molar-refractivity contribution in [3.05, 3.63) is 84.6 Å². The minimum Gasteiger partial charge on any atom is -0.497 e. The number of ketones is 1. The van der Waals surface area contributed by atoms with Gasteiger partial charge in [0.15, 0.2) is 11.5 Å². The molecule has 0 amide bonds. The SMILES string of the molecule is CCCCCOc1c(Cl)cc(C(=O)c2c(C)c(C#N)c(=O)n(CCc3ccc(OC)cc3)c2O)cc1Cl. The highest BCUT2D eigenvalue weighted by Crippen LogP contribution is 2.36. The van der Waals surface area contributed by atoms with E-state index in [9.17, 15) is 20.0 Å². The smallest absolute Gasteiger partial charge is 0.271 e. The van der Waals surface area contributed by atoms with Gasteiger partial charge in [0.1, 0.15) is 17.4 Å². The average molecular weight is 543 g/mol. The van der Waals surface area contributed by atoms with Crippen LogP contribution in [0, 0.1) is 18.3 Å². The number of aromatic hydroxyl groups is 1. The first-order chi connectivity index (χ1) is 17.7. The van der Waals surface area contributed by atoms with Gasteiger partial charge in [-0.3, -0.25) is 14.2 Å². The van der Waals surface area contributed by atoms with Crippen molar-refractivity contribution in [3.8, 4) is 23.4 Å². The topological polar surface area (TPSA) is 102 Å². The molecule has 0 radical (unpaired) electrons. The fourth-order valence-corrected chi connectivity index (χ4v) is 4.56. The number of benzene rings is 2. The predicted octanol–water partition coefficient (Wildman–Crippen LogP) is 6.09. The second kappa shape index (κ2) is 12.7. The molecule has 1 heterocycles. The number of methoxy groups -OCH3 is 1. The fourth-order valence-electron chi connectivity index (χ4n) is 3.96. The number of rotatable bonds is 11. The summed E-state index contributed by atoms with van der Waals surface area (Å²) in [6.07, 6.45) is 3.25. The molecular formula is C28H28Cl2N2O5. The first-order valence-corrected chi connectivity index (χ1v) is 12.6. The summed E-state index contributed by atoms with van der Waals surface area (Å²) in [6.45, 7) is 4.02. The average Bonchev–Trinajstić information content (AvgIpc) is 2.88. The molecule has 1 N–H and O–H groups in total. The number of nitrogens with zero attached hydrogens (tertiary/aromatic N) is 2. The summed E-state index contributed by atoms with van der Waals surface area (Å²) >= 11 is 12.7. The summed E-state index contributed by atoms with van der Waals surface area (Å²) in [5.41, 5.74) is 0.0153. The molecule has 0 fully saturated rings. The van der Waals surface area contributed by atoms with Crippen LogP contribution in [0.3, 0.4) is 0 Å². The van der Waals surface area contributed by atoms with Crippen molar-refractivity contribution in [3.63, 3.8) is 0 Å². The maximum Gasteiger partial charge on any atom is 0.271 e. The van der Waals surface area contributed by atoms with E-state index >= 15 is 0 Å². The summed E-state index contributed by atoms with van der Waals surface area (Å²) in [6, 6.07) is 11.9. The van der Waals surface area contributed by atoms with Crippen molar-refractivity contribution in [2.24, 2.45) is 0 Å². The van der Waals surface area contributed by atoms with Gasteiger partial charge in [-0.1, -0.05) is 55.1 Å². The second-order valence-corrected chi connectivity index (χ2v) is 9.33. The van der Waals surface area contributed by atoms with Gasteiger partial charge in [0, 0.05) is 12.1 Å². The molecule has 0 unspecified atom stereocenters. The van der Waals surface area contributed by atoms with Gasteiger partial charge in [-0.2, -0.15) is 5.26 Å². The van der Waals surface area contributed by atoms with Gasteiger partial charge in [0.05, 0.1) is 29.3 Å². The Morgan fingerprint density at radius 2 is 1.78 bits per heavy atom. The number of aromatic nitrogens is 1. The lowest BCUT2D eigenvalue weighted by molar-refractivity contribution is 0.103. The molecule has 0 spiro atoms. The molecule has 3 aromatic rings. The van der Waals surface area contributed by atoms with Crippen molar-refractivity contribution in [2.45, 2.75) is 46.1 Å². The van der Waals surface area contributed by atoms with Gasteiger partial charge in [-0.05, 0) is 55.2 Å². The Balaban J connectivity index is 1.97. The molecule has 9 heteroatoms. The first kappa shape index (κ1) is 28.1. The van der Waals surface area contributed by atoms with E-state index < -0.39 is 17.2 Å². The number of ether oxygens (including phenoxy) is 2. The molecule has 194 valence electrons. The van der Waals surface area contributed by atoms with Crippen LogP contribution in [0.1, 0.15) is 58.8 Å². The number of carbonyl (C=O) groups excluding carboxylic acids is 1. The van der Waals surface area contributed by atoms with Gasteiger partial charge in [-0.15, -0.1) is 0 Å². The Hall–Kier alpha value is -3.47. The summed E-state index contributed by atoms with van der Waals surface area (Å²) in [4.78, 5) is 26.5. The summed E-state index contributed by atoms with van der Waals surface area (Å²) in [5, 5.41) is 21.0. The standard InChI is InChI=1S/C28H28Cl2N2O5/c1-4-5-6-13-37-26-22(29)14-19(15-23(26)30)25(33)24-17(2)21(16-31)27(34)32(28(24)35)12-11-18-7-9-20(36-3)10-8-18/h7-10,14-15,35H,4-6,11-13H2,1-3H3. The van der Waals surface area contributed by atoms with Crippen molar-refractivity contribution in [1.29, 1.82) is 5.26 Å². The Morgan fingerprint density at radius 3 is 2.35 bits per heavy atom. The van der Waals surface area contributed by atoms with Gasteiger partial charge < -0.3 is 14.6 Å². The quantitative estimate of drug-likeness (QED) is 0.232. The molecule has 0 saturated carbocycles. The largest absolute Gasteiger partial charge is 0.497 e. The molecular weight excluding hydrogens is 515 g/mol. The molecule has 1 aromatic heterocycles. The highest BCUT2D eigenvalue weighted by molar-refractivity contribution is 6.38. The lowest BCUT2D eigenvalue weighted by atomic mass is 9.97. The number of pyridine rings is 1. The molecule has 0 aliphatic rings. The Morgan fingerprint density at radius 1 is 1.14 bits per heavy atom. The third kappa shape index (κ3) is 6.27. The molecule has 0 saturated heterocycles. The van der Waals surface area contributed by atoms with Crippen molar-refractivity contribution in [2.75, 3.05) is 13.7 Å². The van der Waals surface area contributed by atoms with E-state index in [1.54, 1.807) is 19.2 Å². The summed E-state index contributed by atoms with van der Waals surface area (Å²) in [7, 11) is 1.56. The van der Waals surface area contributed by atoms with E-state index in [1.165, 1.54) is 19.1 Å². The number of hydrogen-bond acceptors (Lipinski definition) is 6. The van der Waals surface area contributed by atoms with E-state index in [0.717, 1.165) is 29.4 Å². The summed E-state index contributed by atoms with van der Waals surface area (Å²) in [5.74, 6) is -0.175. The fraction of sp³-hybridized carbons (Fsp3) is 0.321. The Kier molecular flexibility index (Phi) is 9.62. The van der Waals surface area contributed by atoms with Gasteiger partial charge in [0.25, 0.3) is 5.56 Å². The van der Waals surface area contributed by atoms with E-state index in [-0.39, 0.29) is 44.6 Å². The molecule has 37 heavy (non-hydrogen) atoms. The highest BCUT2D eigenvalue weighted by Gasteiger charge is 2.26. The molecule has 3 rings (SSSR count). The second-order valence-electron chi connectivity index (χ2n) is 8.52. The maximum absolute atomic E-state index is 13.5. The van der Waals surface area contributed by atoms with E-state index in [0.29, 0.717) is 18.8 Å². The van der Waals surface area contributed by atoms with Crippen LogP contribution in [0.4, 0.5) is 0 Å². The minimum absolute atomic E-state index is 0.0539. The Bertz CT molecular complexity index is 1370. The zero-order chi connectivity index (χ0) is 27.1. The normalized spacial score (nSPS) is 10.7. The number of nitriles is 1. The molecule has 0 aliphatic carbocycles. The van der Waals surface area contributed by atoms with Gasteiger partial charge in [-0.25, -0.2) is 0 Å². The van der Waals surface area contributed by atoms with Crippen LogP contribution in [0.15, 0.2) is 41.2 Å². The predicted molar refractivity (Wildman–Crippen MR) is 143 cm³/mol. The van der Waals surface area contributed by atoms with Crippen molar-refractivity contribution in [1.82, 2.24) is 4.57 Å². The zero-order valence-corrected chi connectivity index (χ0v) is 22.4. The van der Waals surface area contributed by atoms with Crippen LogP contribution >= 0.6 is 23.2 Å². The third-order valence-corrected chi connectivity index (χ3v) is 6.63. The van der Waals surface area contributed by atoms with Crippen molar-refractivity contribution < 1.29 is 19.4 Å². The Labute approximate surface area is 225 Å². The number of unbranched alkanes of at least 4 members (excludes halogenated alkanes) is 2. The zero-order valence-electron chi connectivity index (χ0n) is 20.9. The highest BCUT2D eigenvalue weighted by atomic mass is 35.5. The number of carbonyl (C=O) groups is 1. The van der Waals surface area contributed by atoms with Crippen LogP contribution < -0.4 is 15.0 Å². The molecule has 0 atom stereocenters. The molecule has 0 bridgehead atoms. The third-order valence-electron chi connectivity index (χ3n) is 6.07. The van der Waals surface area contributed by atoms with Crippen molar-refractivity contribution >= 4 is 29.0 Å². The lowest BCUT2D eigenvalue weighted by Gasteiger charge is -2.16. The molecule has 2 aromatic carbocycles. The van der Waals surface area contributed by atoms with Crippen LogP contribution in [0.25, 0.3) is 0 Å². The minimum atomic E-state index is -0.672. The number of halogens is 2. The summed E-state index contributed by atoms with van der Waals surface area (Å²) < 4.78 is 11.9. The molecule has 0 aliphatic heterocycles. The van der Waals surface area contributed by atoms with Crippen LogP contribution in [0.5, 0.6) is 17.4 Å². The van der Waals surface area contributed by atoms with E-state index in [1.807, 2.05) is 18.2 Å². The van der Waals surface area contributed by atoms with Gasteiger partial charge >= 0.3 is 0 Å². The van der Waals surface area contributed by atoms with Crippen LogP contribution in [0.2, 0.25) is 10.0 Å². The van der Waals surface area contributed by atoms with Crippen LogP contribution in [-0.2, 0) is 13.0 Å². The first-order valence-electron chi connectivity index (χ1n) is 11.9. The van der Waals surface area contributed by atoms with E-state index in [4.69, 9.17) is 32.7 Å². The lowest BCUT2D eigenvalue weighted by Crippen LogP contribution is -2.27. The van der Waals surface area contributed by atoms with Gasteiger partial charge in [0.2, 0.25) is 5.88 Å².